The van der Waals surface area contributed by atoms with Gasteiger partial charge in [-0.3, -0.25) is 23.4 Å². The van der Waals surface area contributed by atoms with Crippen molar-refractivity contribution in [1.82, 2.24) is 0 Å². The van der Waals surface area contributed by atoms with E-state index in [1.165, 1.54) is 51.4 Å². The predicted molar refractivity (Wildman–Crippen MR) is 246 cm³/mol. The number of carbonyl (C=O) groups excluding carboxylic acids is 2. The lowest BCUT2D eigenvalue weighted by Crippen LogP contribution is -2.34. The van der Waals surface area contributed by atoms with Gasteiger partial charge in [-0.15, -0.1) is 0 Å². The lowest BCUT2D eigenvalue weighted by Gasteiger charge is -2.20. The molecule has 0 aromatic heterocycles. The Balaban J connectivity index is 4.43. The zero-order valence-electron chi connectivity index (χ0n) is 37.6. The molecule has 61 heavy (non-hydrogen) atoms. The van der Waals surface area contributed by atoms with Gasteiger partial charge in [-0.2, -0.15) is 0 Å². The fourth-order valence-electron chi connectivity index (χ4n) is 5.77. The summed E-state index contributed by atoms with van der Waals surface area (Å²) in [5.41, 5.74) is 5.33. The molecule has 0 rings (SSSR count). The van der Waals surface area contributed by atoms with E-state index in [0.717, 1.165) is 77.0 Å². The third-order valence-electron chi connectivity index (χ3n) is 9.59. The molecular weight excluding hydrogens is 797 g/mol. The van der Waals surface area contributed by atoms with Gasteiger partial charge in [0.15, 0.2) is 6.10 Å². The molecule has 0 aromatic rings. The summed E-state index contributed by atoms with van der Waals surface area (Å²) in [4.78, 5) is 46.0. The Morgan fingerprint density at radius 1 is 0.574 bits per heavy atom. The van der Waals surface area contributed by atoms with E-state index in [9.17, 15) is 28.9 Å². The first kappa shape index (κ1) is 57.9. The third kappa shape index (κ3) is 42.0. The summed E-state index contributed by atoms with van der Waals surface area (Å²) in [5, 5.41) is 18.5. The Hall–Kier alpha value is -3.12. The zero-order chi connectivity index (χ0) is 45.1. The smallest absolute Gasteiger partial charge is 0.472 e. The molecule has 0 aliphatic carbocycles. The van der Waals surface area contributed by atoms with Gasteiger partial charge in [0.2, 0.25) is 0 Å². The highest BCUT2D eigenvalue weighted by Gasteiger charge is 2.28. The fourth-order valence-corrected chi connectivity index (χ4v) is 6.55. The first-order chi connectivity index (χ1) is 29.5. The Morgan fingerprint density at radius 3 is 1.54 bits per heavy atom. The number of allylic oxidation sites excluding steroid dienone is 12. The highest BCUT2D eigenvalue weighted by Crippen LogP contribution is 2.43. The van der Waals surface area contributed by atoms with E-state index in [2.05, 4.69) is 72.2 Å². The minimum atomic E-state index is -4.74. The highest BCUT2D eigenvalue weighted by atomic mass is 31.2. The molecule has 350 valence electrons. The van der Waals surface area contributed by atoms with Gasteiger partial charge in [-0.05, 0) is 89.9 Å². The molecule has 1 unspecified atom stereocenters. The normalized spacial score (nSPS) is 14.8. The predicted octanol–water partition coefficient (Wildman–Crippen LogP) is 11.5. The van der Waals surface area contributed by atoms with Crippen LogP contribution >= 0.6 is 7.82 Å². The van der Waals surface area contributed by atoms with Crippen LogP contribution in [0.2, 0.25) is 0 Å². The minimum absolute atomic E-state index is 0.128. The number of ether oxygens (including phenoxy) is 2. The molecular formula is C48H82NO11P. The molecule has 4 atom stereocenters. The number of unbranched alkanes of at least 4 members (excludes halogenated alkanes) is 13. The molecule has 0 spiro atoms. The maximum absolute atomic E-state index is 12.7. The Morgan fingerprint density at radius 2 is 1.02 bits per heavy atom. The topological polar surface area (TPSA) is 192 Å². The largest absolute Gasteiger partial charge is 0.480 e. The molecule has 0 saturated carbocycles. The molecule has 0 aliphatic rings. The molecule has 0 heterocycles. The van der Waals surface area contributed by atoms with Gasteiger partial charge in [-0.1, -0.05) is 145 Å². The van der Waals surface area contributed by atoms with Crippen molar-refractivity contribution in [3.63, 3.8) is 0 Å². The van der Waals surface area contributed by atoms with Crippen LogP contribution in [0.25, 0.3) is 0 Å². The second kappa shape index (κ2) is 42.2. The molecule has 0 amide bonds. The van der Waals surface area contributed by atoms with Crippen LogP contribution in [0.4, 0.5) is 0 Å². The second-order valence-corrected chi connectivity index (χ2v) is 16.8. The van der Waals surface area contributed by atoms with Crippen LogP contribution in [-0.2, 0) is 37.5 Å². The zero-order valence-corrected chi connectivity index (χ0v) is 38.5. The first-order valence-corrected chi connectivity index (χ1v) is 24.5. The number of hydrogen-bond donors (Lipinski definition) is 4. The van der Waals surface area contributed by atoms with Crippen LogP contribution in [0.5, 0.6) is 0 Å². The van der Waals surface area contributed by atoms with Crippen molar-refractivity contribution in [2.45, 2.75) is 193 Å². The van der Waals surface area contributed by atoms with E-state index < -0.39 is 51.1 Å². The van der Waals surface area contributed by atoms with Crippen molar-refractivity contribution in [3.8, 4) is 0 Å². The number of carboxylic acid groups (broad SMARTS) is 1. The van der Waals surface area contributed by atoms with Gasteiger partial charge in [0.05, 0.1) is 19.3 Å². The van der Waals surface area contributed by atoms with E-state index in [1.54, 1.807) is 0 Å². The number of aliphatic carboxylic acids is 1. The SMILES string of the molecule is CCCCC/C=C\C/C=C\CCCCCCCCCCCC(=O)O[C@H](COC(=O)CCC/C=C\C/C=C\C/C=C\C/C=C\CC[C@@H](O)CC)COP(=O)(O)OC[C@H](N)C(=O)O. The molecule has 0 radical (unpaired) electrons. The molecule has 0 aliphatic heterocycles. The van der Waals surface area contributed by atoms with Crippen molar-refractivity contribution < 1.29 is 52.6 Å². The number of carbonyl (C=O) groups is 3. The van der Waals surface area contributed by atoms with Crippen molar-refractivity contribution in [1.29, 1.82) is 0 Å². The first-order valence-electron chi connectivity index (χ1n) is 23.0. The molecule has 12 nitrogen and oxygen atoms in total. The van der Waals surface area contributed by atoms with Crippen molar-refractivity contribution in [2.24, 2.45) is 5.73 Å². The van der Waals surface area contributed by atoms with Crippen LogP contribution in [0.1, 0.15) is 174 Å². The summed E-state index contributed by atoms with van der Waals surface area (Å²) in [5.74, 6) is -2.48. The van der Waals surface area contributed by atoms with E-state index in [4.69, 9.17) is 24.8 Å². The molecule has 0 aromatic carbocycles. The number of carboxylic acids is 1. The highest BCUT2D eigenvalue weighted by molar-refractivity contribution is 7.47. The number of phosphoric ester groups is 1. The van der Waals surface area contributed by atoms with Gasteiger partial charge >= 0.3 is 25.7 Å². The average Bonchev–Trinajstić information content (AvgIpc) is 3.24. The van der Waals surface area contributed by atoms with Gasteiger partial charge < -0.3 is 30.3 Å². The maximum atomic E-state index is 12.7. The summed E-state index contributed by atoms with van der Waals surface area (Å²) < 4.78 is 32.7. The van der Waals surface area contributed by atoms with Crippen molar-refractivity contribution in [2.75, 3.05) is 19.8 Å². The van der Waals surface area contributed by atoms with Gasteiger partial charge in [0, 0.05) is 12.8 Å². The Labute approximate surface area is 368 Å². The summed E-state index contributed by atoms with van der Waals surface area (Å²) in [7, 11) is -4.74. The van der Waals surface area contributed by atoms with Crippen LogP contribution in [-0.4, -0.2) is 71.1 Å². The van der Waals surface area contributed by atoms with Gasteiger partial charge in [0.1, 0.15) is 12.6 Å². The number of aliphatic hydroxyl groups is 1. The van der Waals surface area contributed by atoms with E-state index in [-0.39, 0.29) is 25.6 Å². The summed E-state index contributed by atoms with van der Waals surface area (Å²) in [6.45, 7) is 2.43. The Bertz CT molecular complexity index is 1330. The molecule has 0 saturated heterocycles. The number of rotatable bonds is 42. The summed E-state index contributed by atoms with van der Waals surface area (Å²) >= 11 is 0. The third-order valence-corrected chi connectivity index (χ3v) is 10.5. The van der Waals surface area contributed by atoms with Gasteiger partial charge in [-0.25, -0.2) is 4.57 Å². The number of aliphatic hydroxyl groups excluding tert-OH is 1. The Kier molecular flexibility index (Phi) is 40.0. The number of phosphoric acid groups is 1. The lowest BCUT2D eigenvalue weighted by molar-refractivity contribution is -0.161. The summed E-state index contributed by atoms with van der Waals surface area (Å²) in [6.07, 6.45) is 47.7. The maximum Gasteiger partial charge on any atom is 0.472 e. The van der Waals surface area contributed by atoms with Crippen LogP contribution < -0.4 is 5.73 Å². The molecule has 0 fully saturated rings. The van der Waals surface area contributed by atoms with Crippen molar-refractivity contribution >= 4 is 25.7 Å². The second-order valence-electron chi connectivity index (χ2n) is 15.3. The fraction of sp³-hybridized carbons (Fsp3) is 0.688. The van der Waals surface area contributed by atoms with E-state index in [1.807, 2.05) is 19.1 Å². The quantitative estimate of drug-likeness (QED) is 0.0197. The monoisotopic (exact) mass is 880 g/mol. The average molecular weight is 880 g/mol. The molecule has 13 heteroatoms. The van der Waals surface area contributed by atoms with E-state index >= 15 is 0 Å². The number of nitrogens with two attached hydrogens (primary N) is 1. The minimum Gasteiger partial charge on any atom is -0.480 e. The lowest BCUT2D eigenvalue weighted by atomic mass is 10.1. The summed E-state index contributed by atoms with van der Waals surface area (Å²) in [6, 6.07) is -1.54. The van der Waals surface area contributed by atoms with Crippen LogP contribution in [0.3, 0.4) is 0 Å². The van der Waals surface area contributed by atoms with Crippen molar-refractivity contribution in [3.05, 3.63) is 72.9 Å². The number of hydrogen-bond acceptors (Lipinski definition) is 10. The van der Waals surface area contributed by atoms with Gasteiger partial charge in [0.25, 0.3) is 0 Å². The molecule has 0 bridgehead atoms. The van der Waals surface area contributed by atoms with Crippen LogP contribution in [0.15, 0.2) is 72.9 Å². The van der Waals surface area contributed by atoms with Crippen LogP contribution in [0, 0.1) is 0 Å². The number of esters is 2. The standard InChI is InChI=1S/C48H82NO11P/c1-3-5-6-7-8-9-10-11-12-13-14-15-16-21-24-27-30-33-36-39-47(52)60-44(41-58-61(55,56)59-42-45(49)48(53)54)40-57-46(51)38-35-32-29-26-23-20-18-17-19-22-25-28-31-34-37-43(50)4-2/h8-9,11-12,18-20,22,26,28-29,31,43-45,50H,3-7,10,13-17,21,23-25,27,30,32-42,49H2,1-2H3,(H,53,54)(H,55,56)/b9-8-,12-11-,20-18-,22-19-,29-26-,31-28-/t43-,44+,45-/m0/s1. The molecule has 5 N–H and O–H groups in total. The van der Waals surface area contributed by atoms with E-state index in [0.29, 0.717) is 19.3 Å².